The van der Waals surface area contributed by atoms with Crippen LogP contribution in [0.25, 0.3) is 5.70 Å². The molecule has 2 N–H and O–H groups in total. The molecule has 5 rings (SSSR count). The van der Waals surface area contributed by atoms with E-state index in [0.717, 1.165) is 28.1 Å². The first kappa shape index (κ1) is 21.7. The molecule has 8 heteroatoms. The Morgan fingerprint density at radius 2 is 1.74 bits per heavy atom. The lowest BCUT2D eigenvalue weighted by Crippen LogP contribution is -2.20. The van der Waals surface area contributed by atoms with Crippen molar-refractivity contribution >= 4 is 35.1 Å². The van der Waals surface area contributed by atoms with Crippen molar-refractivity contribution in [3.63, 3.8) is 0 Å². The maximum Gasteiger partial charge on any atom is 0.258 e. The number of hydrogen-bond donors (Lipinski definition) is 2. The number of halogens is 1. The number of nitrogens with zero attached hydrogens (tertiary/aromatic N) is 3. The highest BCUT2D eigenvalue weighted by Crippen LogP contribution is 2.34. The largest absolute Gasteiger partial charge is 0.497 e. The molecule has 0 bridgehead atoms. The average molecular weight is 472 g/mol. The van der Waals surface area contributed by atoms with Gasteiger partial charge in [0.05, 0.1) is 7.11 Å². The van der Waals surface area contributed by atoms with Gasteiger partial charge in [0.15, 0.2) is 0 Å². The molecule has 4 aromatic rings. The van der Waals surface area contributed by atoms with Crippen LogP contribution in [-0.2, 0) is 0 Å². The van der Waals surface area contributed by atoms with E-state index in [1.165, 1.54) is 0 Å². The molecule has 0 fully saturated rings. The number of anilines is 2. The van der Waals surface area contributed by atoms with Gasteiger partial charge in [-0.3, -0.25) is 10.1 Å². The van der Waals surface area contributed by atoms with Crippen molar-refractivity contribution < 1.29 is 9.53 Å². The zero-order valence-electron chi connectivity index (χ0n) is 18.6. The summed E-state index contributed by atoms with van der Waals surface area (Å²) < 4.78 is 7.06. The van der Waals surface area contributed by atoms with Gasteiger partial charge in [0.2, 0.25) is 5.95 Å². The van der Waals surface area contributed by atoms with Crippen molar-refractivity contribution in [2.24, 2.45) is 0 Å². The summed E-state index contributed by atoms with van der Waals surface area (Å²) in [6.07, 6.45) is 2.07. The minimum atomic E-state index is -0.269. The number of benzene rings is 3. The molecule has 0 saturated carbocycles. The number of aromatic nitrogens is 3. The van der Waals surface area contributed by atoms with Gasteiger partial charge in [-0.05, 0) is 60.5 Å². The number of ether oxygens (including phenoxy) is 1. The third kappa shape index (κ3) is 4.38. The number of fused-ring (bicyclic) bond motifs is 1. The molecule has 0 unspecified atom stereocenters. The van der Waals surface area contributed by atoms with Gasteiger partial charge in [0.25, 0.3) is 11.9 Å². The van der Waals surface area contributed by atoms with Crippen LogP contribution in [0, 0.1) is 6.92 Å². The lowest BCUT2D eigenvalue weighted by Gasteiger charge is -2.24. The summed E-state index contributed by atoms with van der Waals surface area (Å²) in [5.41, 5.74) is 4.45. The predicted molar refractivity (Wildman–Crippen MR) is 133 cm³/mol. The zero-order valence-corrected chi connectivity index (χ0v) is 19.4. The fourth-order valence-corrected chi connectivity index (χ4v) is 3.89. The number of carbonyl (C=O) groups excluding carboxylic acids is 1. The van der Waals surface area contributed by atoms with Crippen molar-refractivity contribution in [2.75, 3.05) is 17.7 Å². The summed E-state index contributed by atoms with van der Waals surface area (Å²) in [5.74, 6) is 1.24. The maximum atomic E-state index is 12.7. The Balaban J connectivity index is 1.50. The Bertz CT molecular complexity index is 1360. The first-order valence-electron chi connectivity index (χ1n) is 10.7. The number of methoxy groups -OCH3 is 1. The Kier molecular flexibility index (Phi) is 5.77. The summed E-state index contributed by atoms with van der Waals surface area (Å²) in [6, 6.07) is 22.5. The van der Waals surface area contributed by atoms with E-state index >= 15 is 0 Å². The quantitative estimate of drug-likeness (QED) is 0.398. The fraction of sp³-hybridized carbons (Fsp3) is 0.115. The van der Waals surface area contributed by atoms with Crippen LogP contribution in [0.1, 0.15) is 33.1 Å². The van der Waals surface area contributed by atoms with E-state index in [2.05, 4.69) is 26.8 Å². The molecular formula is C26H22ClN5O2. The van der Waals surface area contributed by atoms with Crippen LogP contribution in [0.15, 0.2) is 78.9 Å². The Labute approximate surface area is 202 Å². The predicted octanol–water partition coefficient (Wildman–Crippen LogP) is 5.56. The standard InChI is InChI=1S/C26H22ClN5O2/c1-16-3-5-19(6-4-16)24(33)29-25-30-26-28-22(17-7-11-20(27)12-8-17)15-23(32(26)31-25)18-9-13-21(34-2)14-10-18/h3-15,23H,1-2H3,(H2,28,29,30,31,33)/t23-/m1/s1. The smallest absolute Gasteiger partial charge is 0.258 e. The van der Waals surface area contributed by atoms with Crippen molar-refractivity contribution in [3.8, 4) is 5.75 Å². The molecule has 34 heavy (non-hydrogen) atoms. The van der Waals surface area contributed by atoms with Crippen LogP contribution in [-0.4, -0.2) is 27.8 Å². The van der Waals surface area contributed by atoms with Gasteiger partial charge in [-0.1, -0.05) is 53.6 Å². The molecule has 3 aromatic carbocycles. The van der Waals surface area contributed by atoms with Crippen LogP contribution >= 0.6 is 11.6 Å². The molecule has 1 amide bonds. The van der Waals surface area contributed by atoms with Crippen molar-refractivity contribution in [1.29, 1.82) is 0 Å². The topological polar surface area (TPSA) is 81.1 Å². The number of aryl methyl sites for hydroxylation is 1. The molecule has 1 atom stereocenters. The second-order valence-corrected chi connectivity index (χ2v) is 8.39. The minimum Gasteiger partial charge on any atom is -0.497 e. The molecule has 1 aromatic heterocycles. The molecular weight excluding hydrogens is 450 g/mol. The number of allylic oxidation sites excluding steroid dienone is 1. The van der Waals surface area contributed by atoms with Gasteiger partial charge in [-0.2, -0.15) is 4.98 Å². The molecule has 0 radical (unpaired) electrons. The monoisotopic (exact) mass is 471 g/mol. The number of rotatable bonds is 5. The van der Waals surface area contributed by atoms with Gasteiger partial charge in [-0.25, -0.2) is 4.68 Å². The van der Waals surface area contributed by atoms with E-state index < -0.39 is 0 Å². The van der Waals surface area contributed by atoms with E-state index in [1.807, 2.05) is 67.6 Å². The van der Waals surface area contributed by atoms with Crippen LogP contribution < -0.4 is 15.4 Å². The van der Waals surface area contributed by atoms with Gasteiger partial charge >= 0.3 is 0 Å². The highest BCUT2D eigenvalue weighted by Gasteiger charge is 2.26. The van der Waals surface area contributed by atoms with Crippen LogP contribution in [0.4, 0.5) is 11.9 Å². The fourth-order valence-electron chi connectivity index (χ4n) is 3.76. The minimum absolute atomic E-state index is 0.220. The Morgan fingerprint density at radius 1 is 1.03 bits per heavy atom. The number of hydrogen-bond acceptors (Lipinski definition) is 5. The van der Waals surface area contributed by atoms with Crippen molar-refractivity contribution in [3.05, 3.63) is 106 Å². The van der Waals surface area contributed by atoms with E-state index in [9.17, 15) is 4.79 Å². The summed E-state index contributed by atoms with van der Waals surface area (Å²) in [4.78, 5) is 17.3. The molecule has 1 aliphatic heterocycles. The maximum absolute atomic E-state index is 12.7. The van der Waals surface area contributed by atoms with Crippen LogP contribution in [0.3, 0.4) is 0 Å². The van der Waals surface area contributed by atoms with Gasteiger partial charge in [-0.15, -0.1) is 5.10 Å². The molecule has 170 valence electrons. The van der Waals surface area contributed by atoms with Gasteiger partial charge in [0.1, 0.15) is 11.8 Å². The van der Waals surface area contributed by atoms with E-state index in [0.29, 0.717) is 16.5 Å². The first-order valence-corrected chi connectivity index (χ1v) is 11.1. The first-order chi connectivity index (χ1) is 16.5. The van der Waals surface area contributed by atoms with E-state index in [-0.39, 0.29) is 17.9 Å². The second kappa shape index (κ2) is 9.03. The second-order valence-electron chi connectivity index (χ2n) is 7.95. The molecule has 2 heterocycles. The van der Waals surface area contributed by atoms with Crippen LogP contribution in [0.2, 0.25) is 5.02 Å². The number of carbonyl (C=O) groups is 1. The summed E-state index contributed by atoms with van der Waals surface area (Å²) in [5, 5.41) is 11.4. The highest BCUT2D eigenvalue weighted by atomic mass is 35.5. The number of amides is 1. The molecule has 0 aliphatic carbocycles. The zero-order chi connectivity index (χ0) is 23.7. The molecule has 0 saturated heterocycles. The lowest BCUT2D eigenvalue weighted by molar-refractivity contribution is 0.102. The normalized spacial score (nSPS) is 14.6. The molecule has 0 spiro atoms. The third-order valence-electron chi connectivity index (χ3n) is 5.62. The highest BCUT2D eigenvalue weighted by molar-refractivity contribution is 6.30. The van der Waals surface area contributed by atoms with Crippen LogP contribution in [0.5, 0.6) is 5.75 Å². The third-order valence-corrected chi connectivity index (χ3v) is 5.87. The van der Waals surface area contributed by atoms with E-state index in [1.54, 1.807) is 23.9 Å². The van der Waals surface area contributed by atoms with E-state index in [4.69, 9.17) is 16.3 Å². The number of nitrogens with one attached hydrogen (secondary N) is 2. The van der Waals surface area contributed by atoms with Crippen molar-refractivity contribution in [1.82, 2.24) is 14.8 Å². The lowest BCUT2D eigenvalue weighted by atomic mass is 10.0. The SMILES string of the molecule is COc1ccc([C@H]2C=C(c3ccc(Cl)cc3)Nc3nc(NC(=O)c4ccc(C)cc4)nn32)cc1. The van der Waals surface area contributed by atoms with Gasteiger partial charge < -0.3 is 10.1 Å². The Morgan fingerprint density at radius 3 is 2.41 bits per heavy atom. The molecule has 7 nitrogen and oxygen atoms in total. The summed E-state index contributed by atoms with van der Waals surface area (Å²) >= 11 is 6.08. The average Bonchev–Trinajstić information content (AvgIpc) is 3.26. The van der Waals surface area contributed by atoms with Crippen molar-refractivity contribution in [2.45, 2.75) is 13.0 Å². The Hall–Kier alpha value is -4.10. The molecule has 1 aliphatic rings. The van der Waals surface area contributed by atoms with Gasteiger partial charge in [0, 0.05) is 16.3 Å². The summed E-state index contributed by atoms with van der Waals surface area (Å²) in [6.45, 7) is 1.98. The summed E-state index contributed by atoms with van der Waals surface area (Å²) in [7, 11) is 1.64.